The Kier molecular flexibility index (Phi) is 5.41. The fraction of sp³-hybridized carbons (Fsp3) is 0.211. The lowest BCUT2D eigenvalue weighted by atomic mass is 10.1. The van der Waals surface area contributed by atoms with Gasteiger partial charge >= 0.3 is 6.72 Å². The van der Waals surface area contributed by atoms with E-state index in [1.54, 1.807) is 23.0 Å². The summed E-state index contributed by atoms with van der Waals surface area (Å²) >= 11 is 6.12. The average Bonchev–Trinajstić information content (AvgIpc) is 3.10. The monoisotopic (exact) mass is 431 g/mol. The molecular weight excluding hydrogens is 413 g/mol. The number of imidazole rings is 1. The number of hydrogen-bond acceptors (Lipinski definition) is 7. The topological polar surface area (TPSA) is 105 Å². The highest BCUT2D eigenvalue weighted by Crippen LogP contribution is 2.52. The molecule has 0 spiro atoms. The molecule has 2 atom stereocenters. The van der Waals surface area contributed by atoms with E-state index < -0.39 is 6.72 Å². The van der Waals surface area contributed by atoms with Crippen LogP contribution in [-0.4, -0.2) is 32.0 Å². The number of aromatic nitrogens is 4. The first kappa shape index (κ1) is 19.6. The first-order valence-electron chi connectivity index (χ1n) is 8.91. The van der Waals surface area contributed by atoms with Gasteiger partial charge in [0.05, 0.1) is 19.0 Å². The molecule has 0 amide bonds. The molecule has 0 saturated carbocycles. The number of nitrogens with two attached hydrogens (primary N) is 1. The van der Waals surface area contributed by atoms with Crippen molar-refractivity contribution in [2.75, 3.05) is 12.1 Å². The van der Waals surface area contributed by atoms with Gasteiger partial charge in [-0.3, -0.25) is 4.57 Å². The van der Waals surface area contributed by atoms with Gasteiger partial charge in [-0.15, -0.1) is 0 Å². The van der Waals surface area contributed by atoms with Gasteiger partial charge in [-0.2, -0.15) is 0 Å². The Morgan fingerprint density at radius 3 is 2.79 bits per heavy atom. The lowest BCUT2D eigenvalue weighted by Crippen LogP contribution is -2.17. The van der Waals surface area contributed by atoms with Gasteiger partial charge in [-0.05, 0) is 41.1 Å². The lowest BCUT2D eigenvalue weighted by Gasteiger charge is -2.18. The van der Waals surface area contributed by atoms with E-state index in [0.717, 1.165) is 10.8 Å². The molecule has 8 nitrogen and oxygen atoms in total. The van der Waals surface area contributed by atoms with Crippen molar-refractivity contribution in [1.82, 2.24) is 19.5 Å². The fourth-order valence-corrected chi connectivity index (χ4v) is 4.31. The number of ether oxygens (including phenoxy) is 1. The van der Waals surface area contributed by atoms with E-state index >= 15 is 0 Å². The van der Waals surface area contributed by atoms with Gasteiger partial charge in [0.15, 0.2) is 11.5 Å². The van der Waals surface area contributed by atoms with Crippen LogP contribution in [0.5, 0.6) is 5.75 Å². The number of rotatable bonds is 7. The maximum Gasteiger partial charge on any atom is 0.361 e. The molecule has 4 rings (SSSR count). The third-order valence-corrected chi connectivity index (χ3v) is 5.80. The van der Waals surface area contributed by atoms with Gasteiger partial charge in [0, 0.05) is 0 Å². The molecule has 0 saturated heterocycles. The molecule has 0 fully saturated rings. The van der Waals surface area contributed by atoms with Crippen molar-refractivity contribution in [3.05, 3.63) is 55.1 Å². The summed E-state index contributed by atoms with van der Waals surface area (Å²) in [6.45, 7) is -1.25. The van der Waals surface area contributed by atoms with Crippen LogP contribution < -0.4 is 10.3 Å². The van der Waals surface area contributed by atoms with Crippen LogP contribution in [0.25, 0.3) is 21.9 Å². The van der Waals surface area contributed by atoms with Crippen molar-refractivity contribution < 1.29 is 13.8 Å². The van der Waals surface area contributed by atoms with E-state index in [0.29, 0.717) is 29.3 Å². The largest absolute Gasteiger partial charge is 0.431 e. The van der Waals surface area contributed by atoms with Crippen molar-refractivity contribution in [1.29, 1.82) is 0 Å². The van der Waals surface area contributed by atoms with E-state index in [9.17, 15) is 4.57 Å². The van der Waals surface area contributed by atoms with Gasteiger partial charge in [0.2, 0.25) is 0 Å². The van der Waals surface area contributed by atoms with Crippen molar-refractivity contribution in [3.63, 3.8) is 0 Å². The molecule has 2 N–H and O–H groups in total. The molecule has 0 aliphatic carbocycles. The average molecular weight is 432 g/mol. The summed E-state index contributed by atoms with van der Waals surface area (Å²) in [5.41, 5.74) is 6.93. The van der Waals surface area contributed by atoms with E-state index in [4.69, 9.17) is 26.2 Å². The Labute approximate surface area is 171 Å². The van der Waals surface area contributed by atoms with Crippen molar-refractivity contribution in [3.8, 4) is 5.75 Å². The fourth-order valence-electron chi connectivity index (χ4n) is 2.99. The second-order valence-electron chi connectivity index (χ2n) is 6.62. The second kappa shape index (κ2) is 7.99. The van der Waals surface area contributed by atoms with E-state index in [1.807, 2.05) is 37.3 Å². The van der Waals surface area contributed by atoms with Gasteiger partial charge in [-0.1, -0.05) is 30.3 Å². The van der Waals surface area contributed by atoms with Crippen LogP contribution in [-0.2, 0) is 15.8 Å². The third-order valence-electron chi connectivity index (χ3n) is 4.36. The van der Waals surface area contributed by atoms with E-state index in [1.165, 1.54) is 6.33 Å². The van der Waals surface area contributed by atoms with Crippen molar-refractivity contribution in [2.24, 2.45) is 0 Å². The Hall–Kier alpha value is -2.67. The molecule has 2 heterocycles. The van der Waals surface area contributed by atoms with Gasteiger partial charge in [-0.25, -0.2) is 15.0 Å². The Bertz CT molecular complexity index is 1210. The molecule has 0 aliphatic heterocycles. The standard InChI is InChI=1S/C19H19ClN5O3P/c1-13(9-25-11-24-17-18(21)22-10-23-19(17)25)27-12-29(20,26)28-16-7-6-14-4-2-3-5-15(14)8-16/h2-8,10-11,13H,9,12H2,1H3,(H2,21,22,23)/t13-,29?/m1/s1. The quantitative estimate of drug-likeness (QED) is 0.431. The molecule has 0 radical (unpaired) electrons. The molecule has 1 unspecified atom stereocenters. The highest BCUT2D eigenvalue weighted by Gasteiger charge is 2.23. The number of anilines is 1. The number of hydrogen-bond donors (Lipinski definition) is 1. The molecule has 2 aromatic carbocycles. The first-order valence-corrected chi connectivity index (χ1v) is 11.6. The zero-order valence-corrected chi connectivity index (χ0v) is 17.3. The highest BCUT2D eigenvalue weighted by atomic mass is 35.7. The minimum absolute atomic E-state index is 0.230. The number of halogens is 1. The van der Waals surface area contributed by atoms with Crippen LogP contribution in [0.15, 0.2) is 55.1 Å². The van der Waals surface area contributed by atoms with Gasteiger partial charge in [0.1, 0.15) is 23.9 Å². The highest BCUT2D eigenvalue weighted by molar-refractivity contribution is 7.85. The molecule has 0 aliphatic rings. The zero-order chi connectivity index (χ0) is 20.4. The first-order chi connectivity index (χ1) is 13.9. The summed E-state index contributed by atoms with van der Waals surface area (Å²) in [5.74, 6) is 0.752. The van der Waals surface area contributed by atoms with Gasteiger partial charge in [0.25, 0.3) is 0 Å². The van der Waals surface area contributed by atoms with Crippen LogP contribution in [0.4, 0.5) is 5.82 Å². The summed E-state index contributed by atoms with van der Waals surface area (Å²) in [5, 5.41) is 2.04. The summed E-state index contributed by atoms with van der Waals surface area (Å²) < 4.78 is 25.6. The van der Waals surface area contributed by atoms with Crippen LogP contribution in [0.1, 0.15) is 6.92 Å². The van der Waals surface area contributed by atoms with Gasteiger partial charge < -0.3 is 19.6 Å². The number of nitrogens with zero attached hydrogens (tertiary/aromatic N) is 4. The SMILES string of the molecule is C[C@H](Cn1cnc2c(N)ncnc21)OCP(=O)(Cl)Oc1ccc2ccccc2c1. The zero-order valence-electron chi connectivity index (χ0n) is 15.6. The number of fused-ring (bicyclic) bond motifs is 2. The normalized spacial score (nSPS) is 14.7. The van der Waals surface area contributed by atoms with Crippen LogP contribution in [0.2, 0.25) is 0 Å². The Balaban J connectivity index is 1.38. The Morgan fingerprint density at radius 2 is 1.97 bits per heavy atom. The minimum atomic E-state index is -3.51. The number of benzene rings is 2. The summed E-state index contributed by atoms with van der Waals surface area (Å²) in [7, 11) is 0. The van der Waals surface area contributed by atoms with Crippen molar-refractivity contribution >= 4 is 45.7 Å². The molecule has 2 aromatic heterocycles. The lowest BCUT2D eigenvalue weighted by molar-refractivity contribution is 0.0844. The van der Waals surface area contributed by atoms with Crippen LogP contribution in [0, 0.1) is 0 Å². The predicted octanol–water partition coefficient (Wildman–Crippen LogP) is 4.44. The molecule has 4 aromatic rings. The minimum Gasteiger partial charge on any atom is -0.431 e. The summed E-state index contributed by atoms with van der Waals surface area (Å²) in [6.07, 6.45) is 2.45. The molecule has 0 bridgehead atoms. The second-order valence-corrected chi connectivity index (χ2v) is 9.79. The summed E-state index contributed by atoms with van der Waals surface area (Å²) in [4.78, 5) is 12.3. The van der Waals surface area contributed by atoms with Crippen molar-refractivity contribution in [2.45, 2.75) is 19.6 Å². The maximum atomic E-state index is 12.6. The maximum absolute atomic E-state index is 12.6. The molecular formula is C19H19ClN5O3P. The Morgan fingerprint density at radius 1 is 1.17 bits per heavy atom. The van der Waals surface area contributed by atoms with Crippen LogP contribution in [0.3, 0.4) is 0 Å². The van der Waals surface area contributed by atoms with E-state index in [2.05, 4.69) is 15.0 Å². The molecule has 150 valence electrons. The smallest absolute Gasteiger partial charge is 0.361 e. The summed E-state index contributed by atoms with van der Waals surface area (Å²) in [6, 6.07) is 13.2. The number of nitrogen functional groups attached to an aromatic ring is 1. The third kappa shape index (κ3) is 4.50. The van der Waals surface area contributed by atoms with Crippen LogP contribution >= 0.6 is 18.0 Å². The van der Waals surface area contributed by atoms with E-state index in [-0.39, 0.29) is 12.5 Å². The molecule has 29 heavy (non-hydrogen) atoms. The molecule has 10 heteroatoms. The predicted molar refractivity (Wildman–Crippen MR) is 113 cm³/mol.